The van der Waals surface area contributed by atoms with E-state index in [1.165, 1.54) is 0 Å². The van der Waals surface area contributed by atoms with Gasteiger partial charge in [0, 0.05) is 25.5 Å². The van der Waals surface area contributed by atoms with Gasteiger partial charge in [0.05, 0.1) is 6.10 Å². The van der Waals surface area contributed by atoms with Gasteiger partial charge in [0.15, 0.2) is 0 Å². The van der Waals surface area contributed by atoms with Crippen LogP contribution in [0.1, 0.15) is 6.92 Å². The second-order valence-electron chi connectivity index (χ2n) is 3.57. The first-order valence-electron chi connectivity index (χ1n) is 5.10. The highest BCUT2D eigenvalue weighted by atomic mass is 16.5. The van der Waals surface area contributed by atoms with E-state index in [2.05, 4.69) is 15.3 Å². The van der Waals surface area contributed by atoms with Crippen molar-refractivity contribution >= 4 is 0 Å². The maximum absolute atomic E-state index is 5.66. The molecule has 0 unspecified atom stereocenters. The highest BCUT2D eigenvalue weighted by Crippen LogP contribution is 2.05. The predicted octanol–water partition coefficient (Wildman–Crippen LogP) is 0.232. The molecule has 0 saturated carbocycles. The third kappa shape index (κ3) is 3.14. The lowest BCUT2D eigenvalue weighted by atomic mass is 10.2. The summed E-state index contributed by atoms with van der Waals surface area (Å²) in [4.78, 5) is 7.95. The van der Waals surface area contributed by atoms with Gasteiger partial charge >= 0.3 is 6.01 Å². The summed E-state index contributed by atoms with van der Waals surface area (Å²) in [7, 11) is 0. The molecule has 15 heavy (non-hydrogen) atoms. The van der Waals surface area contributed by atoms with Crippen LogP contribution in [0.4, 0.5) is 0 Å². The van der Waals surface area contributed by atoms with E-state index in [-0.39, 0.29) is 12.2 Å². The van der Waals surface area contributed by atoms with E-state index >= 15 is 0 Å². The molecule has 1 saturated heterocycles. The van der Waals surface area contributed by atoms with E-state index in [0.29, 0.717) is 12.6 Å². The standard InChI is InChI=1S/C10H15N3O2/c1-8-5-11-6-9(15-8)7-14-10-12-3-2-4-13-10/h2-4,8-9,11H,5-7H2,1H3/t8-,9-/m1/s1. The Morgan fingerprint density at radius 3 is 3.00 bits per heavy atom. The number of nitrogens with one attached hydrogen (secondary N) is 1. The Morgan fingerprint density at radius 2 is 2.27 bits per heavy atom. The molecule has 5 nitrogen and oxygen atoms in total. The van der Waals surface area contributed by atoms with Crippen LogP contribution in [0.3, 0.4) is 0 Å². The Balaban J connectivity index is 1.78. The van der Waals surface area contributed by atoms with Crippen molar-refractivity contribution in [2.75, 3.05) is 19.7 Å². The molecule has 0 aromatic carbocycles. The van der Waals surface area contributed by atoms with Crippen LogP contribution >= 0.6 is 0 Å². The first-order valence-corrected chi connectivity index (χ1v) is 5.10. The number of aromatic nitrogens is 2. The Hall–Kier alpha value is -1.20. The fourth-order valence-electron chi connectivity index (χ4n) is 1.50. The molecule has 0 amide bonds. The second kappa shape index (κ2) is 5.04. The number of hydrogen-bond donors (Lipinski definition) is 1. The van der Waals surface area contributed by atoms with Crippen molar-refractivity contribution in [1.29, 1.82) is 0 Å². The Bertz CT molecular complexity index is 294. The minimum atomic E-state index is 0.0811. The minimum Gasteiger partial charge on any atom is -0.461 e. The first kappa shape index (κ1) is 10.3. The van der Waals surface area contributed by atoms with E-state index in [1.807, 2.05) is 6.92 Å². The van der Waals surface area contributed by atoms with E-state index in [9.17, 15) is 0 Å². The van der Waals surface area contributed by atoms with Crippen LogP contribution in [0.15, 0.2) is 18.5 Å². The van der Waals surface area contributed by atoms with Gasteiger partial charge in [-0.25, -0.2) is 9.97 Å². The summed E-state index contributed by atoms with van der Waals surface area (Å²) in [5.74, 6) is 0. The Labute approximate surface area is 88.8 Å². The van der Waals surface area contributed by atoms with Crippen LogP contribution in [0, 0.1) is 0 Å². The molecule has 2 atom stereocenters. The van der Waals surface area contributed by atoms with Crippen molar-refractivity contribution in [3.8, 4) is 6.01 Å². The number of hydrogen-bond acceptors (Lipinski definition) is 5. The molecule has 1 fully saturated rings. The molecule has 0 spiro atoms. The molecule has 1 aromatic heterocycles. The van der Waals surface area contributed by atoms with E-state index in [1.54, 1.807) is 18.5 Å². The van der Waals surface area contributed by atoms with Crippen molar-refractivity contribution in [2.45, 2.75) is 19.1 Å². The van der Waals surface area contributed by atoms with E-state index in [4.69, 9.17) is 9.47 Å². The molecule has 0 radical (unpaired) electrons. The smallest absolute Gasteiger partial charge is 0.316 e. The van der Waals surface area contributed by atoms with Gasteiger partial charge in [-0.2, -0.15) is 0 Å². The summed E-state index contributed by atoms with van der Waals surface area (Å²) in [6.45, 7) is 4.25. The highest BCUT2D eigenvalue weighted by Gasteiger charge is 2.19. The molecule has 1 N–H and O–H groups in total. The minimum absolute atomic E-state index is 0.0811. The van der Waals surface area contributed by atoms with Gasteiger partial charge in [-0.3, -0.25) is 0 Å². The third-order valence-electron chi connectivity index (χ3n) is 2.17. The Kier molecular flexibility index (Phi) is 3.47. The second-order valence-corrected chi connectivity index (χ2v) is 3.57. The molecule has 2 heterocycles. The molecule has 2 rings (SSSR count). The van der Waals surface area contributed by atoms with Gasteiger partial charge in [-0.15, -0.1) is 0 Å². The van der Waals surface area contributed by atoms with Crippen LogP contribution in [-0.2, 0) is 4.74 Å². The molecule has 0 aliphatic carbocycles. The molecule has 5 heteroatoms. The van der Waals surface area contributed by atoms with Crippen molar-refractivity contribution in [1.82, 2.24) is 15.3 Å². The lowest BCUT2D eigenvalue weighted by molar-refractivity contribution is -0.0483. The normalized spacial score (nSPS) is 26.2. The van der Waals surface area contributed by atoms with Crippen LogP contribution in [0.5, 0.6) is 6.01 Å². The number of ether oxygens (including phenoxy) is 2. The number of nitrogens with zero attached hydrogens (tertiary/aromatic N) is 2. The molecular weight excluding hydrogens is 194 g/mol. The monoisotopic (exact) mass is 209 g/mol. The molecule has 1 aromatic rings. The Morgan fingerprint density at radius 1 is 1.47 bits per heavy atom. The number of rotatable bonds is 3. The zero-order valence-corrected chi connectivity index (χ0v) is 8.72. The van der Waals surface area contributed by atoms with Crippen molar-refractivity contribution in [3.63, 3.8) is 0 Å². The third-order valence-corrected chi connectivity index (χ3v) is 2.17. The van der Waals surface area contributed by atoms with Crippen LogP contribution < -0.4 is 10.1 Å². The van der Waals surface area contributed by atoms with Gasteiger partial charge in [-0.05, 0) is 13.0 Å². The van der Waals surface area contributed by atoms with Gasteiger partial charge in [-0.1, -0.05) is 0 Å². The molecular formula is C10H15N3O2. The molecule has 0 bridgehead atoms. The fraction of sp³-hybridized carbons (Fsp3) is 0.600. The van der Waals surface area contributed by atoms with Gasteiger partial charge in [0.1, 0.15) is 12.7 Å². The summed E-state index contributed by atoms with van der Waals surface area (Å²) >= 11 is 0. The largest absolute Gasteiger partial charge is 0.461 e. The quantitative estimate of drug-likeness (QED) is 0.772. The van der Waals surface area contributed by atoms with Crippen LogP contribution in [0.2, 0.25) is 0 Å². The van der Waals surface area contributed by atoms with Crippen LogP contribution in [0.25, 0.3) is 0 Å². The van der Waals surface area contributed by atoms with Crippen molar-refractivity contribution in [3.05, 3.63) is 18.5 Å². The van der Waals surface area contributed by atoms with Gasteiger partial charge in [0.2, 0.25) is 0 Å². The molecule has 82 valence electrons. The SMILES string of the molecule is C[C@@H]1CNC[C@H](COc2ncccn2)O1. The van der Waals surface area contributed by atoms with Gasteiger partial charge < -0.3 is 14.8 Å². The van der Waals surface area contributed by atoms with Crippen molar-refractivity contribution in [2.24, 2.45) is 0 Å². The zero-order valence-electron chi connectivity index (χ0n) is 8.72. The summed E-state index contributed by atoms with van der Waals surface area (Å²) in [5.41, 5.74) is 0. The lowest BCUT2D eigenvalue weighted by Gasteiger charge is -2.28. The summed E-state index contributed by atoms with van der Waals surface area (Å²) in [5, 5.41) is 3.28. The van der Waals surface area contributed by atoms with Gasteiger partial charge in [0.25, 0.3) is 0 Å². The summed E-state index contributed by atoms with van der Waals surface area (Å²) in [6, 6.07) is 2.16. The van der Waals surface area contributed by atoms with E-state index < -0.39 is 0 Å². The maximum atomic E-state index is 5.66. The molecule has 1 aliphatic heterocycles. The van der Waals surface area contributed by atoms with Crippen LogP contribution in [-0.4, -0.2) is 41.9 Å². The molecule has 1 aliphatic rings. The van der Waals surface area contributed by atoms with E-state index in [0.717, 1.165) is 13.1 Å². The maximum Gasteiger partial charge on any atom is 0.316 e. The average Bonchev–Trinajstić information content (AvgIpc) is 2.28. The first-order chi connectivity index (χ1) is 7.34. The zero-order chi connectivity index (χ0) is 10.5. The number of morpholine rings is 1. The topological polar surface area (TPSA) is 56.3 Å². The fourth-order valence-corrected chi connectivity index (χ4v) is 1.50. The predicted molar refractivity (Wildman–Crippen MR) is 54.7 cm³/mol. The summed E-state index contributed by atoms with van der Waals surface area (Å²) in [6.07, 6.45) is 3.64. The summed E-state index contributed by atoms with van der Waals surface area (Å²) < 4.78 is 11.1. The lowest BCUT2D eigenvalue weighted by Crippen LogP contribution is -2.45. The highest BCUT2D eigenvalue weighted by molar-refractivity contribution is 4.93. The average molecular weight is 209 g/mol. The van der Waals surface area contributed by atoms with Crippen molar-refractivity contribution < 1.29 is 9.47 Å².